The van der Waals surface area contributed by atoms with E-state index >= 15 is 0 Å². The number of nitrogens with one attached hydrogen (secondary N) is 1. The van der Waals surface area contributed by atoms with Crippen LogP contribution in [0, 0.1) is 12.3 Å². The summed E-state index contributed by atoms with van der Waals surface area (Å²) in [7, 11) is 0. The number of hydrazone groups is 1. The third kappa shape index (κ3) is 4.92. The summed E-state index contributed by atoms with van der Waals surface area (Å²) >= 11 is 1.25. The maximum atomic E-state index is 12.8. The number of amides is 1. The number of aromatic nitrogens is 1. The lowest BCUT2D eigenvalue weighted by Gasteiger charge is -2.20. The van der Waals surface area contributed by atoms with E-state index in [1.165, 1.54) is 22.3 Å². The SMILES string of the molecule is CCOc1cc(C=C2C(=N)N3N=C(c4ccncc4)SC3=NC2=O)ccc1OCc1cccc(C)c1. The van der Waals surface area contributed by atoms with Crippen LogP contribution >= 0.6 is 11.8 Å². The second-order valence-corrected chi connectivity index (χ2v) is 9.03. The normalized spacial score (nSPS) is 16.1. The number of hydrogen-bond acceptors (Lipinski definition) is 7. The van der Waals surface area contributed by atoms with Crippen LogP contribution in [0.25, 0.3) is 6.08 Å². The number of ether oxygens (including phenoxy) is 2. The second-order valence-electron chi connectivity index (χ2n) is 8.08. The van der Waals surface area contributed by atoms with Crippen LogP contribution in [0.3, 0.4) is 0 Å². The van der Waals surface area contributed by atoms with Gasteiger partial charge in [0.2, 0.25) is 5.17 Å². The van der Waals surface area contributed by atoms with Gasteiger partial charge in [0.15, 0.2) is 17.3 Å². The predicted octanol–water partition coefficient (Wildman–Crippen LogP) is 5.04. The predicted molar refractivity (Wildman–Crippen MR) is 141 cm³/mol. The first-order valence-corrected chi connectivity index (χ1v) is 12.2. The number of rotatable bonds is 7. The molecule has 0 aliphatic carbocycles. The maximum Gasteiger partial charge on any atom is 0.283 e. The van der Waals surface area contributed by atoms with Crippen LogP contribution in [-0.2, 0) is 11.4 Å². The van der Waals surface area contributed by atoms with Crippen LogP contribution in [0.1, 0.15) is 29.2 Å². The molecule has 5 rings (SSSR count). The molecule has 0 bridgehead atoms. The number of amidine groups is 2. The van der Waals surface area contributed by atoms with Gasteiger partial charge >= 0.3 is 0 Å². The van der Waals surface area contributed by atoms with Gasteiger partial charge in [0.25, 0.3) is 5.91 Å². The lowest BCUT2D eigenvalue weighted by atomic mass is 10.1. The number of nitrogens with zero attached hydrogens (tertiary/aromatic N) is 4. The molecule has 2 aliphatic rings. The van der Waals surface area contributed by atoms with Crippen LogP contribution < -0.4 is 9.47 Å². The van der Waals surface area contributed by atoms with Gasteiger partial charge in [-0.3, -0.25) is 15.2 Å². The number of aliphatic imine (C=N–C) groups is 1. The molecule has 3 aromatic rings. The number of benzene rings is 2. The van der Waals surface area contributed by atoms with Gasteiger partial charge in [0.05, 0.1) is 12.2 Å². The fourth-order valence-electron chi connectivity index (χ4n) is 3.73. The average molecular weight is 498 g/mol. The van der Waals surface area contributed by atoms with Gasteiger partial charge in [-0.25, -0.2) is 0 Å². The van der Waals surface area contributed by atoms with Gasteiger partial charge in [-0.05, 0) is 67.1 Å². The second kappa shape index (κ2) is 10.2. The quantitative estimate of drug-likeness (QED) is 0.459. The van der Waals surface area contributed by atoms with Crippen molar-refractivity contribution in [1.82, 2.24) is 9.99 Å². The van der Waals surface area contributed by atoms with Crippen molar-refractivity contribution in [1.29, 1.82) is 5.41 Å². The topological polar surface area (TPSA) is 100 Å². The molecule has 1 amide bonds. The summed E-state index contributed by atoms with van der Waals surface area (Å²) in [6.45, 7) is 4.81. The molecule has 9 heteroatoms. The van der Waals surface area contributed by atoms with Crippen LogP contribution in [-0.4, -0.2) is 38.6 Å². The van der Waals surface area contributed by atoms with E-state index in [1.807, 2.05) is 56.3 Å². The zero-order valence-electron chi connectivity index (χ0n) is 19.8. The zero-order chi connectivity index (χ0) is 25.1. The van der Waals surface area contributed by atoms with Crippen molar-refractivity contribution in [2.45, 2.75) is 20.5 Å². The van der Waals surface area contributed by atoms with Gasteiger partial charge in [-0.1, -0.05) is 35.9 Å². The summed E-state index contributed by atoms with van der Waals surface area (Å²) < 4.78 is 11.8. The molecular weight excluding hydrogens is 474 g/mol. The minimum atomic E-state index is -0.484. The van der Waals surface area contributed by atoms with Gasteiger partial charge in [0.1, 0.15) is 11.7 Å². The Bertz CT molecular complexity index is 1430. The molecule has 36 heavy (non-hydrogen) atoms. The summed E-state index contributed by atoms with van der Waals surface area (Å²) in [5.41, 5.74) is 3.92. The average Bonchev–Trinajstić information content (AvgIpc) is 3.31. The molecule has 2 aliphatic heterocycles. The third-order valence-corrected chi connectivity index (χ3v) is 6.39. The number of aryl methyl sites for hydroxylation is 1. The van der Waals surface area contributed by atoms with Crippen molar-refractivity contribution in [3.05, 3.63) is 94.8 Å². The molecule has 0 radical (unpaired) electrons. The minimum absolute atomic E-state index is 0.0284. The highest BCUT2D eigenvalue weighted by Gasteiger charge is 2.36. The van der Waals surface area contributed by atoms with Crippen molar-refractivity contribution in [2.75, 3.05) is 6.61 Å². The summed E-state index contributed by atoms with van der Waals surface area (Å²) in [6.07, 6.45) is 4.97. The van der Waals surface area contributed by atoms with E-state index in [9.17, 15) is 4.79 Å². The first kappa shape index (κ1) is 23.5. The Hall–Kier alpha value is -4.24. The van der Waals surface area contributed by atoms with Gasteiger partial charge in [-0.15, -0.1) is 0 Å². The van der Waals surface area contributed by atoms with E-state index < -0.39 is 5.91 Å². The van der Waals surface area contributed by atoms with Crippen molar-refractivity contribution in [3.63, 3.8) is 0 Å². The van der Waals surface area contributed by atoms with Crippen LogP contribution in [0.5, 0.6) is 11.5 Å². The van der Waals surface area contributed by atoms with E-state index in [2.05, 4.69) is 21.1 Å². The van der Waals surface area contributed by atoms with E-state index in [4.69, 9.17) is 14.9 Å². The molecule has 0 saturated heterocycles. The monoisotopic (exact) mass is 497 g/mol. The molecule has 1 aromatic heterocycles. The third-order valence-electron chi connectivity index (χ3n) is 5.44. The van der Waals surface area contributed by atoms with Crippen LogP contribution in [0.2, 0.25) is 0 Å². The van der Waals surface area contributed by atoms with Crippen LogP contribution in [0.15, 0.2) is 82.7 Å². The fraction of sp³-hybridized carbons (Fsp3) is 0.148. The molecule has 0 saturated carbocycles. The van der Waals surface area contributed by atoms with E-state index in [0.29, 0.717) is 40.5 Å². The molecule has 180 valence electrons. The van der Waals surface area contributed by atoms with Gasteiger partial charge < -0.3 is 9.47 Å². The van der Waals surface area contributed by atoms with E-state index in [1.54, 1.807) is 24.5 Å². The maximum absolute atomic E-state index is 12.8. The molecule has 8 nitrogen and oxygen atoms in total. The molecular formula is C27H23N5O3S. The number of carbonyl (C=O) groups is 1. The van der Waals surface area contributed by atoms with E-state index in [-0.39, 0.29) is 11.4 Å². The highest BCUT2D eigenvalue weighted by Crippen LogP contribution is 2.33. The smallest absolute Gasteiger partial charge is 0.283 e. The highest BCUT2D eigenvalue weighted by atomic mass is 32.2. The first-order chi connectivity index (χ1) is 17.5. The molecule has 0 fully saturated rings. The van der Waals surface area contributed by atoms with Crippen molar-refractivity contribution in [2.24, 2.45) is 10.1 Å². The van der Waals surface area contributed by atoms with Gasteiger partial charge in [0, 0.05) is 18.0 Å². The summed E-state index contributed by atoms with van der Waals surface area (Å²) in [6, 6.07) is 17.2. The highest BCUT2D eigenvalue weighted by molar-refractivity contribution is 8.27. The number of pyridine rings is 1. The number of carbonyl (C=O) groups excluding carboxylic acids is 1. The zero-order valence-corrected chi connectivity index (χ0v) is 20.6. The minimum Gasteiger partial charge on any atom is -0.490 e. The van der Waals surface area contributed by atoms with E-state index in [0.717, 1.165) is 11.1 Å². The standard InChI is InChI=1S/C27H23N5O3S/c1-3-34-23-15-18(7-8-22(23)35-16-19-6-4-5-17(2)13-19)14-21-24(28)32-27(30-25(21)33)36-26(31-32)20-9-11-29-12-10-20/h4-15,28H,3,16H2,1-2H3. The Morgan fingerprint density at radius 2 is 1.89 bits per heavy atom. The van der Waals surface area contributed by atoms with Gasteiger partial charge in [-0.2, -0.15) is 15.1 Å². The summed E-state index contributed by atoms with van der Waals surface area (Å²) in [4.78, 5) is 21.0. The van der Waals surface area contributed by atoms with Crippen molar-refractivity contribution < 1.29 is 14.3 Å². The number of thioether (sulfide) groups is 1. The fourth-order valence-corrected chi connectivity index (χ4v) is 4.63. The molecule has 2 aromatic carbocycles. The lowest BCUT2D eigenvalue weighted by molar-refractivity contribution is -0.114. The first-order valence-electron chi connectivity index (χ1n) is 11.4. The Morgan fingerprint density at radius 3 is 2.67 bits per heavy atom. The van der Waals surface area contributed by atoms with Crippen molar-refractivity contribution >= 4 is 39.8 Å². The molecule has 3 heterocycles. The Kier molecular flexibility index (Phi) is 6.64. The Morgan fingerprint density at radius 1 is 1.06 bits per heavy atom. The molecule has 0 spiro atoms. The summed E-state index contributed by atoms with van der Waals surface area (Å²) in [5, 5.41) is 15.5. The summed E-state index contributed by atoms with van der Waals surface area (Å²) in [5.74, 6) is 0.656. The Balaban J connectivity index is 1.39. The molecule has 0 unspecified atom stereocenters. The molecule has 0 atom stereocenters. The lowest BCUT2D eigenvalue weighted by Crippen LogP contribution is -2.35. The largest absolute Gasteiger partial charge is 0.490 e. The number of hydrogen-bond donors (Lipinski definition) is 1. The number of fused-ring (bicyclic) bond motifs is 1. The molecule has 1 N–H and O–H groups in total. The van der Waals surface area contributed by atoms with Crippen LogP contribution in [0.4, 0.5) is 0 Å². The van der Waals surface area contributed by atoms with Crippen molar-refractivity contribution in [3.8, 4) is 11.5 Å². The Labute approximate surface area is 212 Å².